The number of benzene rings is 1. The Hall–Kier alpha value is -3.55. The van der Waals surface area contributed by atoms with Crippen LogP contribution in [0.4, 0.5) is 10.2 Å². The Morgan fingerprint density at radius 3 is 2.75 bits per heavy atom. The number of rotatable bonds is 3. The molecule has 0 aliphatic rings. The van der Waals surface area contributed by atoms with E-state index in [0.717, 1.165) is 28.0 Å². The van der Waals surface area contributed by atoms with Crippen LogP contribution in [0, 0.1) is 12.7 Å². The monoisotopic (exact) mass is 378 g/mol. The lowest BCUT2D eigenvalue weighted by Crippen LogP contribution is -2.27. The van der Waals surface area contributed by atoms with Crippen LogP contribution >= 0.6 is 0 Å². The molecule has 1 aromatic carbocycles. The van der Waals surface area contributed by atoms with Gasteiger partial charge in [-0.25, -0.2) is 9.37 Å². The van der Waals surface area contributed by atoms with Crippen molar-refractivity contribution < 1.29 is 9.18 Å². The lowest BCUT2D eigenvalue weighted by Gasteiger charge is -2.18. The Labute approximate surface area is 160 Å². The number of aromatic nitrogens is 4. The first-order valence-corrected chi connectivity index (χ1v) is 8.72. The van der Waals surface area contributed by atoms with Crippen molar-refractivity contribution in [3.8, 4) is 0 Å². The standard InChI is InChI=1S/C20H19FN6O/c1-11-6-17-15(18-16(19(22)25-17)9-24-27(18)3)7-14(11)20(28)26(2)10-13-5-4-12(21)8-23-13/h4-9H,10H2,1-3H3,(H2,22,25). The van der Waals surface area contributed by atoms with Crippen LogP contribution in [0.1, 0.15) is 21.6 Å². The predicted octanol–water partition coefficient (Wildman–Crippen LogP) is 2.82. The average molecular weight is 378 g/mol. The van der Waals surface area contributed by atoms with Gasteiger partial charge in [0, 0.05) is 25.0 Å². The fourth-order valence-corrected chi connectivity index (χ4v) is 3.36. The molecule has 4 aromatic rings. The zero-order valence-corrected chi connectivity index (χ0v) is 15.8. The van der Waals surface area contributed by atoms with E-state index in [1.54, 1.807) is 28.9 Å². The summed E-state index contributed by atoms with van der Waals surface area (Å²) in [6.45, 7) is 2.14. The highest BCUT2D eigenvalue weighted by Crippen LogP contribution is 2.29. The Bertz CT molecular complexity index is 1220. The molecule has 0 bridgehead atoms. The lowest BCUT2D eigenvalue weighted by molar-refractivity contribution is 0.0783. The summed E-state index contributed by atoms with van der Waals surface area (Å²) >= 11 is 0. The Morgan fingerprint density at radius 2 is 2.04 bits per heavy atom. The van der Waals surface area contributed by atoms with Gasteiger partial charge in [-0.05, 0) is 36.8 Å². The molecule has 0 saturated carbocycles. The zero-order valence-electron chi connectivity index (χ0n) is 15.8. The van der Waals surface area contributed by atoms with Crippen molar-refractivity contribution in [1.82, 2.24) is 24.6 Å². The second-order valence-corrected chi connectivity index (χ2v) is 6.84. The Morgan fingerprint density at radius 1 is 1.25 bits per heavy atom. The summed E-state index contributed by atoms with van der Waals surface area (Å²) in [6.07, 6.45) is 2.81. The number of nitrogen functional groups attached to an aromatic ring is 1. The van der Waals surface area contributed by atoms with Gasteiger partial charge in [0.1, 0.15) is 11.6 Å². The van der Waals surface area contributed by atoms with Gasteiger partial charge >= 0.3 is 0 Å². The van der Waals surface area contributed by atoms with E-state index in [4.69, 9.17) is 5.73 Å². The lowest BCUT2D eigenvalue weighted by atomic mass is 10.0. The van der Waals surface area contributed by atoms with Gasteiger partial charge in [-0.1, -0.05) is 0 Å². The van der Waals surface area contributed by atoms with Crippen molar-refractivity contribution in [3.63, 3.8) is 0 Å². The summed E-state index contributed by atoms with van der Waals surface area (Å²) in [5.74, 6) is -0.152. The molecular formula is C20H19FN6O. The number of carbonyl (C=O) groups is 1. The van der Waals surface area contributed by atoms with Gasteiger partial charge in [-0.3, -0.25) is 14.5 Å². The molecule has 2 N–H and O–H groups in total. The molecule has 0 fully saturated rings. The first-order valence-electron chi connectivity index (χ1n) is 8.72. The number of aryl methyl sites for hydroxylation is 2. The van der Waals surface area contributed by atoms with E-state index < -0.39 is 5.82 Å². The highest BCUT2D eigenvalue weighted by molar-refractivity contribution is 6.10. The van der Waals surface area contributed by atoms with Crippen molar-refractivity contribution in [2.45, 2.75) is 13.5 Å². The summed E-state index contributed by atoms with van der Waals surface area (Å²) in [5, 5.41) is 5.83. The maximum Gasteiger partial charge on any atom is 0.254 e. The third kappa shape index (κ3) is 2.92. The summed E-state index contributed by atoms with van der Waals surface area (Å²) in [7, 11) is 3.52. The minimum absolute atomic E-state index is 0.155. The highest BCUT2D eigenvalue weighted by Gasteiger charge is 2.19. The molecule has 3 aromatic heterocycles. The maximum atomic E-state index is 13.1. The molecule has 8 heteroatoms. The number of pyridine rings is 2. The second kappa shape index (κ2) is 6.56. The zero-order chi connectivity index (χ0) is 20.0. The van der Waals surface area contributed by atoms with Crippen LogP contribution in [-0.4, -0.2) is 37.6 Å². The number of nitrogens with two attached hydrogens (primary N) is 1. The van der Waals surface area contributed by atoms with Crippen LogP contribution in [0.3, 0.4) is 0 Å². The Balaban J connectivity index is 1.77. The highest BCUT2D eigenvalue weighted by atomic mass is 19.1. The summed E-state index contributed by atoms with van der Waals surface area (Å²) in [6, 6.07) is 6.59. The first-order chi connectivity index (χ1) is 13.3. The van der Waals surface area contributed by atoms with Crippen LogP contribution in [0.2, 0.25) is 0 Å². The van der Waals surface area contributed by atoms with E-state index in [1.807, 2.05) is 26.1 Å². The smallest absolute Gasteiger partial charge is 0.254 e. The molecule has 0 atom stereocenters. The molecule has 0 unspecified atom stereocenters. The van der Waals surface area contributed by atoms with E-state index in [1.165, 1.54) is 6.07 Å². The van der Waals surface area contributed by atoms with Gasteiger partial charge in [-0.15, -0.1) is 0 Å². The number of carbonyl (C=O) groups excluding carboxylic acids is 1. The molecule has 0 aliphatic heterocycles. The molecule has 1 amide bonds. The normalized spacial score (nSPS) is 11.3. The van der Waals surface area contributed by atoms with Crippen molar-refractivity contribution in [2.24, 2.45) is 7.05 Å². The van der Waals surface area contributed by atoms with Gasteiger partial charge in [0.2, 0.25) is 0 Å². The summed E-state index contributed by atoms with van der Waals surface area (Å²) in [4.78, 5) is 23.1. The van der Waals surface area contributed by atoms with Crippen LogP contribution in [0.5, 0.6) is 0 Å². The van der Waals surface area contributed by atoms with Gasteiger partial charge in [0.05, 0.1) is 41.1 Å². The van der Waals surface area contributed by atoms with E-state index in [-0.39, 0.29) is 12.5 Å². The number of halogens is 1. The van der Waals surface area contributed by atoms with E-state index in [2.05, 4.69) is 15.1 Å². The molecule has 4 rings (SSSR count). The van der Waals surface area contributed by atoms with Crippen LogP contribution in [-0.2, 0) is 13.6 Å². The molecule has 7 nitrogen and oxygen atoms in total. The summed E-state index contributed by atoms with van der Waals surface area (Å²) < 4.78 is 14.8. The first kappa shape index (κ1) is 17.8. The average Bonchev–Trinajstić information content (AvgIpc) is 3.05. The minimum atomic E-state index is -0.407. The van der Waals surface area contributed by atoms with Crippen molar-refractivity contribution in [1.29, 1.82) is 0 Å². The molecule has 0 spiro atoms. The molecule has 0 radical (unpaired) electrons. The fourth-order valence-electron chi connectivity index (χ4n) is 3.36. The second-order valence-electron chi connectivity index (χ2n) is 6.84. The Kier molecular flexibility index (Phi) is 4.18. The predicted molar refractivity (Wildman–Crippen MR) is 105 cm³/mol. The van der Waals surface area contributed by atoms with Crippen LogP contribution in [0.25, 0.3) is 21.8 Å². The molecule has 142 valence electrons. The SMILES string of the molecule is Cc1cc2nc(N)c3cnn(C)c3c2cc1C(=O)N(C)Cc1ccc(F)cn1. The van der Waals surface area contributed by atoms with E-state index in [9.17, 15) is 9.18 Å². The summed E-state index contributed by atoms with van der Waals surface area (Å²) in [5.41, 5.74) is 9.57. The molecule has 0 aliphatic carbocycles. The largest absolute Gasteiger partial charge is 0.383 e. The molecule has 28 heavy (non-hydrogen) atoms. The van der Waals surface area contributed by atoms with Gasteiger partial charge in [0.15, 0.2) is 0 Å². The topological polar surface area (TPSA) is 89.9 Å². The van der Waals surface area contributed by atoms with E-state index in [0.29, 0.717) is 22.6 Å². The number of hydrogen-bond donors (Lipinski definition) is 1. The minimum Gasteiger partial charge on any atom is -0.383 e. The fraction of sp³-hybridized carbons (Fsp3) is 0.200. The number of amides is 1. The van der Waals surface area contributed by atoms with Crippen molar-refractivity contribution >= 4 is 33.5 Å². The third-order valence-corrected chi connectivity index (χ3v) is 4.82. The number of nitrogens with zero attached hydrogens (tertiary/aromatic N) is 5. The van der Waals surface area contributed by atoms with Crippen LogP contribution < -0.4 is 5.73 Å². The molecular weight excluding hydrogens is 359 g/mol. The van der Waals surface area contributed by atoms with Gasteiger partial charge < -0.3 is 10.6 Å². The van der Waals surface area contributed by atoms with Gasteiger partial charge in [0.25, 0.3) is 5.91 Å². The molecule has 0 saturated heterocycles. The van der Waals surface area contributed by atoms with E-state index >= 15 is 0 Å². The van der Waals surface area contributed by atoms with Crippen LogP contribution in [0.15, 0.2) is 36.7 Å². The van der Waals surface area contributed by atoms with Crippen molar-refractivity contribution in [3.05, 3.63) is 59.3 Å². The number of anilines is 1. The number of fused-ring (bicyclic) bond motifs is 3. The maximum absolute atomic E-state index is 13.1. The van der Waals surface area contributed by atoms with Crippen molar-refractivity contribution in [2.75, 3.05) is 12.8 Å². The van der Waals surface area contributed by atoms with Gasteiger partial charge in [-0.2, -0.15) is 5.10 Å². The quantitative estimate of drug-likeness (QED) is 0.592. The third-order valence-electron chi connectivity index (χ3n) is 4.82. The molecule has 3 heterocycles. The number of hydrogen-bond acceptors (Lipinski definition) is 5.